The van der Waals surface area contributed by atoms with Crippen molar-refractivity contribution >= 4 is 15.9 Å². The lowest BCUT2D eigenvalue weighted by Crippen LogP contribution is -2.61. The summed E-state index contributed by atoms with van der Waals surface area (Å²) in [6.45, 7) is 8.31. The first kappa shape index (κ1) is 10.2. The van der Waals surface area contributed by atoms with E-state index in [1.165, 1.54) is 0 Å². The topological polar surface area (TPSA) is 23.5 Å². The molecule has 1 fully saturated rings. The third kappa shape index (κ3) is 2.57. The van der Waals surface area contributed by atoms with Crippen molar-refractivity contribution in [1.29, 1.82) is 0 Å². The second kappa shape index (κ2) is 3.90. The van der Waals surface area contributed by atoms with Gasteiger partial charge in [-0.05, 0) is 6.42 Å². The Kier molecular flexibility index (Phi) is 3.32. The van der Waals surface area contributed by atoms with Gasteiger partial charge in [0.05, 0.1) is 5.60 Å². The highest BCUT2D eigenvalue weighted by atomic mass is 79.9. The van der Waals surface area contributed by atoms with Crippen LogP contribution in [0.15, 0.2) is 11.1 Å². The minimum Gasteiger partial charge on any atom is -0.387 e. The average molecular weight is 234 g/mol. The summed E-state index contributed by atoms with van der Waals surface area (Å²) in [4.78, 5) is 2.19. The summed E-state index contributed by atoms with van der Waals surface area (Å²) in [5, 5.41) is 9.81. The lowest BCUT2D eigenvalue weighted by Gasteiger charge is -2.46. The number of β-amino-alcohol motifs (C(OH)–C–C–N with tert-alkyl or cyclic N) is 1. The molecular weight excluding hydrogens is 218 g/mol. The van der Waals surface area contributed by atoms with E-state index >= 15 is 0 Å². The van der Waals surface area contributed by atoms with E-state index < -0.39 is 5.60 Å². The number of halogens is 1. The van der Waals surface area contributed by atoms with Crippen molar-refractivity contribution in [2.24, 2.45) is 0 Å². The molecule has 0 aromatic rings. The number of aliphatic hydroxyl groups is 1. The van der Waals surface area contributed by atoms with Crippen LogP contribution in [0.25, 0.3) is 0 Å². The molecule has 0 unspecified atom stereocenters. The number of hydrogen-bond acceptors (Lipinski definition) is 2. The van der Waals surface area contributed by atoms with Crippen LogP contribution < -0.4 is 0 Å². The van der Waals surface area contributed by atoms with Crippen LogP contribution in [0.5, 0.6) is 0 Å². The maximum Gasteiger partial charge on any atom is 0.0900 e. The Hall–Kier alpha value is 0.140. The zero-order valence-electron chi connectivity index (χ0n) is 7.52. The molecule has 0 radical (unpaired) electrons. The lowest BCUT2D eigenvalue weighted by molar-refractivity contribution is -0.0980. The summed E-state index contributed by atoms with van der Waals surface area (Å²) in [5.74, 6) is 0. The van der Waals surface area contributed by atoms with Gasteiger partial charge in [-0.25, -0.2) is 0 Å². The molecule has 0 spiro atoms. The Bertz CT molecular complexity index is 175. The molecule has 0 aromatic heterocycles. The van der Waals surface area contributed by atoms with E-state index in [-0.39, 0.29) is 0 Å². The molecule has 3 heteroatoms. The maximum absolute atomic E-state index is 9.81. The number of rotatable bonds is 4. The SMILES string of the molecule is C=C(Br)CN1CC(O)(CCC)C1. The van der Waals surface area contributed by atoms with Gasteiger partial charge in [-0.15, -0.1) is 0 Å². The molecule has 1 saturated heterocycles. The largest absolute Gasteiger partial charge is 0.387 e. The van der Waals surface area contributed by atoms with Crippen molar-refractivity contribution in [3.05, 3.63) is 11.1 Å². The second-order valence-electron chi connectivity index (χ2n) is 3.64. The molecule has 0 bridgehead atoms. The first-order valence-corrected chi connectivity index (χ1v) is 5.13. The van der Waals surface area contributed by atoms with Gasteiger partial charge in [-0.1, -0.05) is 35.9 Å². The summed E-state index contributed by atoms with van der Waals surface area (Å²) >= 11 is 3.31. The third-order valence-electron chi connectivity index (χ3n) is 2.15. The monoisotopic (exact) mass is 233 g/mol. The predicted molar refractivity (Wildman–Crippen MR) is 54.4 cm³/mol. The lowest BCUT2D eigenvalue weighted by atomic mass is 9.89. The van der Waals surface area contributed by atoms with E-state index in [1.54, 1.807) is 0 Å². The smallest absolute Gasteiger partial charge is 0.0900 e. The fraction of sp³-hybridized carbons (Fsp3) is 0.778. The minimum atomic E-state index is -0.406. The van der Waals surface area contributed by atoms with E-state index in [4.69, 9.17) is 0 Å². The molecule has 1 aliphatic heterocycles. The molecule has 0 aliphatic carbocycles. The standard InChI is InChI=1S/C9H16BrNO/c1-3-4-9(12)6-11(7-9)5-8(2)10/h12H,2-7H2,1H3. The van der Waals surface area contributed by atoms with Crippen molar-refractivity contribution in [1.82, 2.24) is 4.90 Å². The molecule has 1 aliphatic rings. The van der Waals surface area contributed by atoms with Gasteiger partial charge in [0.25, 0.3) is 0 Å². The van der Waals surface area contributed by atoms with Crippen molar-refractivity contribution in [2.45, 2.75) is 25.4 Å². The van der Waals surface area contributed by atoms with E-state index in [9.17, 15) is 5.11 Å². The molecular formula is C9H16BrNO. The minimum absolute atomic E-state index is 0.406. The van der Waals surface area contributed by atoms with Gasteiger partial charge in [0.2, 0.25) is 0 Å². The van der Waals surface area contributed by atoms with Crippen LogP contribution in [0.1, 0.15) is 19.8 Å². The van der Waals surface area contributed by atoms with Gasteiger partial charge < -0.3 is 5.11 Å². The van der Waals surface area contributed by atoms with Crippen LogP contribution in [-0.2, 0) is 0 Å². The quantitative estimate of drug-likeness (QED) is 0.800. The Morgan fingerprint density at radius 3 is 2.67 bits per heavy atom. The van der Waals surface area contributed by atoms with Crippen LogP contribution in [-0.4, -0.2) is 35.2 Å². The molecule has 1 heterocycles. The number of likely N-dealkylation sites (tertiary alicyclic amines) is 1. The third-order valence-corrected chi connectivity index (χ3v) is 2.40. The Morgan fingerprint density at radius 1 is 1.67 bits per heavy atom. The molecule has 0 atom stereocenters. The molecule has 0 amide bonds. The normalized spacial score (nSPS) is 21.9. The highest BCUT2D eigenvalue weighted by Crippen LogP contribution is 2.26. The van der Waals surface area contributed by atoms with Crippen LogP contribution in [0.4, 0.5) is 0 Å². The molecule has 2 nitrogen and oxygen atoms in total. The zero-order valence-corrected chi connectivity index (χ0v) is 9.10. The fourth-order valence-electron chi connectivity index (χ4n) is 1.76. The highest BCUT2D eigenvalue weighted by Gasteiger charge is 2.39. The zero-order chi connectivity index (χ0) is 9.19. The molecule has 1 N–H and O–H groups in total. The van der Waals surface area contributed by atoms with E-state index in [0.29, 0.717) is 0 Å². The van der Waals surface area contributed by atoms with Crippen molar-refractivity contribution in [3.8, 4) is 0 Å². The fourth-order valence-corrected chi connectivity index (χ4v) is 2.12. The summed E-state index contributed by atoms with van der Waals surface area (Å²) in [6, 6.07) is 0. The number of hydrogen-bond donors (Lipinski definition) is 1. The van der Waals surface area contributed by atoms with Gasteiger partial charge in [-0.2, -0.15) is 0 Å². The number of nitrogens with zero attached hydrogens (tertiary/aromatic N) is 1. The van der Waals surface area contributed by atoms with Gasteiger partial charge in [0, 0.05) is 24.1 Å². The van der Waals surface area contributed by atoms with Crippen LogP contribution in [0.2, 0.25) is 0 Å². The van der Waals surface area contributed by atoms with Crippen LogP contribution in [0.3, 0.4) is 0 Å². The first-order valence-electron chi connectivity index (χ1n) is 4.34. The van der Waals surface area contributed by atoms with Gasteiger partial charge in [0.15, 0.2) is 0 Å². The second-order valence-corrected chi connectivity index (χ2v) is 4.76. The van der Waals surface area contributed by atoms with Crippen molar-refractivity contribution in [3.63, 3.8) is 0 Å². The average Bonchev–Trinajstić information content (AvgIpc) is 1.83. The highest BCUT2D eigenvalue weighted by molar-refractivity contribution is 9.11. The molecule has 0 aromatic carbocycles. The van der Waals surface area contributed by atoms with Gasteiger partial charge in [-0.3, -0.25) is 4.90 Å². The van der Waals surface area contributed by atoms with Gasteiger partial charge >= 0.3 is 0 Å². The van der Waals surface area contributed by atoms with Gasteiger partial charge in [0.1, 0.15) is 0 Å². The van der Waals surface area contributed by atoms with Crippen LogP contribution >= 0.6 is 15.9 Å². The molecule has 12 heavy (non-hydrogen) atoms. The predicted octanol–water partition coefficient (Wildman–Crippen LogP) is 1.74. The summed E-state index contributed by atoms with van der Waals surface area (Å²) in [7, 11) is 0. The first-order chi connectivity index (χ1) is 5.56. The van der Waals surface area contributed by atoms with Crippen molar-refractivity contribution < 1.29 is 5.11 Å². The molecule has 1 rings (SSSR count). The Morgan fingerprint density at radius 2 is 2.25 bits per heavy atom. The molecule has 0 saturated carbocycles. The maximum atomic E-state index is 9.81. The van der Waals surface area contributed by atoms with Crippen LogP contribution in [0, 0.1) is 0 Å². The molecule has 70 valence electrons. The Labute approximate surface area is 82.4 Å². The van der Waals surface area contributed by atoms with E-state index in [0.717, 1.165) is 37.0 Å². The summed E-state index contributed by atoms with van der Waals surface area (Å²) in [6.07, 6.45) is 1.97. The van der Waals surface area contributed by atoms with E-state index in [2.05, 4.69) is 34.3 Å². The Balaban J connectivity index is 2.22. The summed E-state index contributed by atoms with van der Waals surface area (Å²) < 4.78 is 0.987. The van der Waals surface area contributed by atoms with E-state index in [1.807, 2.05) is 0 Å². The summed E-state index contributed by atoms with van der Waals surface area (Å²) in [5.41, 5.74) is -0.406. The van der Waals surface area contributed by atoms with Crippen molar-refractivity contribution in [2.75, 3.05) is 19.6 Å².